The largest absolute Gasteiger partial charge is 0.236 e. The Hall–Kier alpha value is -2.99. The fourth-order valence-electron chi connectivity index (χ4n) is 2.45. The molecule has 0 spiro atoms. The van der Waals surface area contributed by atoms with E-state index < -0.39 is 0 Å². The van der Waals surface area contributed by atoms with E-state index >= 15 is 0 Å². The van der Waals surface area contributed by atoms with Crippen molar-refractivity contribution in [1.82, 2.24) is 4.98 Å². The molecule has 0 N–H and O–H groups in total. The first-order valence-corrected chi connectivity index (χ1v) is 8.81. The molecule has 5 heteroatoms. The average Bonchev–Trinajstić information content (AvgIpc) is 3.27. The number of fused-ring (bicyclic) bond motifs is 1. The fraction of sp³-hybridized carbons (Fsp3) is 0. The number of hydrogen-bond acceptors (Lipinski definition) is 5. The second-order valence-corrected chi connectivity index (χ2v) is 7.28. The van der Waals surface area contributed by atoms with Gasteiger partial charge in [-0.05, 0) is 35.9 Å². The Labute approximate surface area is 146 Å². The first kappa shape index (κ1) is 14.6. The molecule has 0 atom stereocenters. The highest BCUT2D eigenvalue weighted by atomic mass is 32.1. The number of rotatable bonds is 2. The predicted molar refractivity (Wildman–Crippen MR) is 97.8 cm³/mol. The van der Waals surface area contributed by atoms with Crippen molar-refractivity contribution in [3.8, 4) is 33.2 Å². The quantitative estimate of drug-likeness (QED) is 0.487. The number of thiazole rings is 1. The summed E-state index contributed by atoms with van der Waals surface area (Å²) in [5.41, 5.74) is 3.71. The van der Waals surface area contributed by atoms with Crippen LogP contribution in [0.1, 0.15) is 10.4 Å². The van der Waals surface area contributed by atoms with Gasteiger partial charge in [0.15, 0.2) is 0 Å². The van der Waals surface area contributed by atoms with E-state index in [-0.39, 0.29) is 0 Å². The van der Waals surface area contributed by atoms with Gasteiger partial charge in [-0.15, -0.1) is 22.7 Å². The van der Waals surface area contributed by atoms with Gasteiger partial charge in [-0.25, -0.2) is 4.98 Å². The number of benzene rings is 2. The van der Waals surface area contributed by atoms with Gasteiger partial charge in [0.1, 0.15) is 16.0 Å². The molecular formula is C19H9N3S2. The normalized spacial score (nSPS) is 10.4. The molecule has 0 unspecified atom stereocenters. The Balaban J connectivity index is 1.70. The van der Waals surface area contributed by atoms with Crippen LogP contribution in [-0.4, -0.2) is 4.98 Å². The molecule has 4 aromatic rings. The zero-order valence-electron chi connectivity index (χ0n) is 12.4. The maximum absolute atomic E-state index is 8.99. The zero-order chi connectivity index (χ0) is 16.5. The minimum absolute atomic E-state index is 0.652. The topological polar surface area (TPSA) is 60.5 Å². The molecule has 2 aromatic carbocycles. The summed E-state index contributed by atoms with van der Waals surface area (Å²) in [4.78, 5) is 6.45. The van der Waals surface area contributed by atoms with Crippen LogP contribution in [0.4, 0.5) is 0 Å². The monoisotopic (exact) mass is 343 g/mol. The number of thiophene rings is 1. The van der Waals surface area contributed by atoms with Gasteiger partial charge >= 0.3 is 0 Å². The van der Waals surface area contributed by atoms with Crippen molar-refractivity contribution in [2.75, 3.05) is 0 Å². The van der Waals surface area contributed by atoms with E-state index in [1.165, 1.54) is 11.3 Å². The van der Waals surface area contributed by atoms with Gasteiger partial charge in [0.25, 0.3) is 0 Å². The van der Waals surface area contributed by atoms with Gasteiger partial charge in [-0.1, -0.05) is 24.3 Å². The Bertz CT molecular complexity index is 1120. The van der Waals surface area contributed by atoms with Crippen LogP contribution in [0.5, 0.6) is 0 Å². The van der Waals surface area contributed by atoms with Gasteiger partial charge in [0, 0.05) is 10.4 Å². The van der Waals surface area contributed by atoms with Gasteiger partial charge < -0.3 is 0 Å². The van der Waals surface area contributed by atoms with E-state index in [2.05, 4.69) is 29.3 Å². The van der Waals surface area contributed by atoms with Crippen LogP contribution in [0.3, 0.4) is 0 Å². The van der Waals surface area contributed by atoms with E-state index in [4.69, 9.17) is 10.5 Å². The molecule has 0 bridgehead atoms. The second-order valence-electron chi connectivity index (χ2n) is 5.17. The smallest absolute Gasteiger partial charge is 0.124 e. The molecular weight excluding hydrogens is 334 g/mol. The SMILES string of the molecule is N#Cc1ccc2nc(-c3ccc(-c4ccc(C#N)s4)cc3)sc2c1. The Morgan fingerprint density at radius 1 is 0.792 bits per heavy atom. The number of aromatic nitrogens is 1. The van der Waals surface area contributed by atoms with Crippen LogP contribution < -0.4 is 0 Å². The molecule has 2 heterocycles. The van der Waals surface area contributed by atoms with Crippen molar-refractivity contribution in [1.29, 1.82) is 10.5 Å². The third kappa shape index (κ3) is 2.57. The molecule has 0 aliphatic carbocycles. The van der Waals surface area contributed by atoms with Crippen LogP contribution in [0.25, 0.3) is 31.2 Å². The van der Waals surface area contributed by atoms with Crippen LogP contribution >= 0.6 is 22.7 Å². The molecule has 2 aromatic heterocycles. The lowest BCUT2D eigenvalue weighted by Crippen LogP contribution is -1.77. The summed E-state index contributed by atoms with van der Waals surface area (Å²) in [5.74, 6) is 0. The minimum Gasteiger partial charge on any atom is -0.236 e. The number of nitrogens with zero attached hydrogens (tertiary/aromatic N) is 3. The van der Waals surface area contributed by atoms with Gasteiger partial charge in [-0.2, -0.15) is 10.5 Å². The van der Waals surface area contributed by atoms with Crippen molar-refractivity contribution >= 4 is 32.9 Å². The van der Waals surface area contributed by atoms with Crippen molar-refractivity contribution in [3.05, 3.63) is 65.0 Å². The van der Waals surface area contributed by atoms with Crippen molar-refractivity contribution in [2.24, 2.45) is 0 Å². The van der Waals surface area contributed by atoms with Crippen LogP contribution in [-0.2, 0) is 0 Å². The summed E-state index contributed by atoms with van der Waals surface area (Å²) in [6.45, 7) is 0. The third-order valence-electron chi connectivity index (χ3n) is 3.65. The molecule has 0 aliphatic heterocycles. The lowest BCUT2D eigenvalue weighted by Gasteiger charge is -1.99. The van der Waals surface area contributed by atoms with Crippen LogP contribution in [0.15, 0.2) is 54.6 Å². The summed E-state index contributed by atoms with van der Waals surface area (Å²) in [6, 6.07) is 21.9. The van der Waals surface area contributed by atoms with E-state index in [0.717, 1.165) is 31.2 Å². The Morgan fingerprint density at radius 3 is 2.29 bits per heavy atom. The van der Waals surface area contributed by atoms with Gasteiger partial charge in [0.2, 0.25) is 0 Å². The van der Waals surface area contributed by atoms with Crippen molar-refractivity contribution < 1.29 is 0 Å². The molecule has 0 saturated carbocycles. The first-order chi connectivity index (χ1) is 11.8. The van der Waals surface area contributed by atoms with Gasteiger partial charge in [0.05, 0.1) is 21.8 Å². The fourth-order valence-corrected chi connectivity index (χ4v) is 4.27. The van der Waals surface area contributed by atoms with Crippen LogP contribution in [0.2, 0.25) is 0 Å². The van der Waals surface area contributed by atoms with Crippen molar-refractivity contribution in [2.45, 2.75) is 0 Å². The maximum Gasteiger partial charge on any atom is 0.124 e. The molecule has 0 saturated heterocycles. The highest BCUT2D eigenvalue weighted by Gasteiger charge is 2.08. The maximum atomic E-state index is 8.99. The highest BCUT2D eigenvalue weighted by Crippen LogP contribution is 2.33. The summed E-state index contributed by atoms with van der Waals surface area (Å²) in [6.07, 6.45) is 0. The average molecular weight is 343 g/mol. The molecule has 0 radical (unpaired) electrons. The Kier molecular flexibility index (Phi) is 3.59. The molecule has 3 nitrogen and oxygen atoms in total. The molecule has 112 valence electrons. The third-order valence-corrected chi connectivity index (χ3v) is 5.76. The lowest BCUT2D eigenvalue weighted by molar-refractivity contribution is 1.46. The summed E-state index contributed by atoms with van der Waals surface area (Å²) in [5, 5.41) is 18.9. The van der Waals surface area contributed by atoms with Gasteiger partial charge in [-0.3, -0.25) is 0 Å². The summed E-state index contributed by atoms with van der Waals surface area (Å²) >= 11 is 3.08. The summed E-state index contributed by atoms with van der Waals surface area (Å²) < 4.78 is 1.02. The lowest BCUT2D eigenvalue weighted by atomic mass is 10.1. The molecule has 24 heavy (non-hydrogen) atoms. The number of hydrogen-bond donors (Lipinski definition) is 0. The molecule has 0 fully saturated rings. The van der Waals surface area contributed by atoms with E-state index in [9.17, 15) is 0 Å². The first-order valence-electron chi connectivity index (χ1n) is 7.18. The standard InChI is InChI=1S/C19H9N3S2/c20-10-12-1-7-16-18(9-12)24-19(22-16)14-4-2-13(3-5-14)17-8-6-15(11-21)23-17/h1-9H. The predicted octanol–water partition coefficient (Wildman–Crippen LogP) is 5.44. The summed E-state index contributed by atoms with van der Waals surface area (Å²) in [7, 11) is 0. The minimum atomic E-state index is 0.652. The van der Waals surface area contributed by atoms with Crippen LogP contribution in [0, 0.1) is 22.7 Å². The second kappa shape index (κ2) is 5.90. The molecule has 0 amide bonds. The number of nitriles is 2. The highest BCUT2D eigenvalue weighted by molar-refractivity contribution is 7.21. The molecule has 4 rings (SSSR count). The Morgan fingerprint density at radius 2 is 1.58 bits per heavy atom. The van der Waals surface area contributed by atoms with E-state index in [1.54, 1.807) is 17.4 Å². The van der Waals surface area contributed by atoms with E-state index in [1.807, 2.05) is 36.4 Å². The zero-order valence-corrected chi connectivity index (χ0v) is 14.0. The van der Waals surface area contributed by atoms with Crippen molar-refractivity contribution in [3.63, 3.8) is 0 Å². The molecule has 0 aliphatic rings. The van der Waals surface area contributed by atoms with E-state index in [0.29, 0.717) is 10.4 Å².